The highest BCUT2D eigenvalue weighted by Gasteiger charge is 2.00. The molecule has 0 aliphatic heterocycles. The van der Waals surface area contributed by atoms with Crippen LogP contribution in [-0.4, -0.2) is 28.2 Å². The normalized spacial score (nSPS) is 12.5. The number of rotatable bonds is 4. The maximum Gasteiger partial charge on any atom is 0.149 e. The molecule has 5 heteroatoms. The van der Waals surface area contributed by atoms with Gasteiger partial charge >= 0.3 is 0 Å². The molecule has 1 heterocycles. The molecule has 0 spiro atoms. The van der Waals surface area contributed by atoms with Gasteiger partial charge in [-0.25, -0.2) is 4.98 Å². The Balaban J connectivity index is 2.45. The van der Waals surface area contributed by atoms with E-state index in [0.29, 0.717) is 17.5 Å². The summed E-state index contributed by atoms with van der Waals surface area (Å²) in [7, 11) is 0. The van der Waals surface area contributed by atoms with E-state index in [2.05, 4.69) is 15.3 Å². The molecule has 0 aliphatic carbocycles. The Morgan fingerprint density at radius 1 is 1.62 bits per heavy atom. The summed E-state index contributed by atoms with van der Waals surface area (Å²) in [6.45, 7) is 2.75. The van der Waals surface area contributed by atoms with Gasteiger partial charge in [0.15, 0.2) is 0 Å². The van der Waals surface area contributed by atoms with Crippen LogP contribution in [0, 0.1) is 5.92 Å². The second kappa shape index (κ2) is 4.99. The Kier molecular flexibility index (Phi) is 3.92. The zero-order valence-electron chi connectivity index (χ0n) is 7.37. The highest BCUT2D eigenvalue weighted by molar-refractivity contribution is 6.29. The Morgan fingerprint density at radius 2 is 2.38 bits per heavy atom. The average Bonchev–Trinajstić information content (AvgIpc) is 2.14. The summed E-state index contributed by atoms with van der Waals surface area (Å²) in [5.41, 5.74) is 0. The van der Waals surface area contributed by atoms with Gasteiger partial charge in [-0.2, -0.15) is 0 Å². The van der Waals surface area contributed by atoms with Crippen molar-refractivity contribution >= 4 is 17.4 Å². The summed E-state index contributed by atoms with van der Waals surface area (Å²) in [5, 5.41) is 12.1. The first-order valence-electron chi connectivity index (χ1n) is 4.04. The fraction of sp³-hybridized carbons (Fsp3) is 0.500. The first-order valence-corrected chi connectivity index (χ1v) is 4.42. The maximum absolute atomic E-state index is 8.77. The van der Waals surface area contributed by atoms with E-state index < -0.39 is 0 Å². The molecule has 13 heavy (non-hydrogen) atoms. The molecule has 0 aromatic carbocycles. The van der Waals surface area contributed by atoms with Crippen LogP contribution >= 0.6 is 11.6 Å². The van der Waals surface area contributed by atoms with E-state index in [1.165, 1.54) is 6.20 Å². The second-order valence-electron chi connectivity index (χ2n) is 2.90. The van der Waals surface area contributed by atoms with Gasteiger partial charge in [0.25, 0.3) is 0 Å². The summed E-state index contributed by atoms with van der Waals surface area (Å²) >= 11 is 5.63. The largest absolute Gasteiger partial charge is 0.396 e. The molecule has 1 atom stereocenters. The SMILES string of the molecule is CC(CO)CNc1cncc(Cl)n1. The molecular weight excluding hydrogens is 190 g/mol. The second-order valence-corrected chi connectivity index (χ2v) is 3.28. The van der Waals surface area contributed by atoms with Crippen molar-refractivity contribution in [2.75, 3.05) is 18.5 Å². The van der Waals surface area contributed by atoms with Crippen LogP contribution in [0.25, 0.3) is 0 Å². The number of aliphatic hydroxyl groups excluding tert-OH is 1. The van der Waals surface area contributed by atoms with Crippen LogP contribution in [0.5, 0.6) is 0 Å². The van der Waals surface area contributed by atoms with E-state index >= 15 is 0 Å². The molecule has 0 fully saturated rings. The third kappa shape index (κ3) is 3.57. The number of anilines is 1. The van der Waals surface area contributed by atoms with E-state index in [4.69, 9.17) is 16.7 Å². The van der Waals surface area contributed by atoms with Crippen molar-refractivity contribution < 1.29 is 5.11 Å². The molecular formula is C8H12ClN3O. The molecule has 2 N–H and O–H groups in total. The third-order valence-electron chi connectivity index (χ3n) is 1.55. The fourth-order valence-electron chi connectivity index (χ4n) is 0.771. The van der Waals surface area contributed by atoms with Gasteiger partial charge in [-0.1, -0.05) is 18.5 Å². The number of hydrogen-bond acceptors (Lipinski definition) is 4. The van der Waals surface area contributed by atoms with Crippen molar-refractivity contribution in [2.45, 2.75) is 6.92 Å². The minimum Gasteiger partial charge on any atom is -0.396 e. The fourth-order valence-corrected chi connectivity index (χ4v) is 0.918. The Bertz CT molecular complexity index is 269. The summed E-state index contributed by atoms with van der Waals surface area (Å²) in [6, 6.07) is 0. The zero-order chi connectivity index (χ0) is 9.68. The van der Waals surface area contributed by atoms with Crippen LogP contribution in [0.4, 0.5) is 5.82 Å². The number of nitrogens with zero attached hydrogens (tertiary/aromatic N) is 2. The predicted octanol–water partition coefficient (Wildman–Crippen LogP) is 1.17. The topological polar surface area (TPSA) is 58.0 Å². The maximum atomic E-state index is 8.77. The predicted molar refractivity (Wildman–Crippen MR) is 51.8 cm³/mol. The minimum atomic E-state index is 0.154. The number of aliphatic hydroxyl groups is 1. The monoisotopic (exact) mass is 201 g/mol. The van der Waals surface area contributed by atoms with Gasteiger partial charge in [0.1, 0.15) is 11.0 Å². The Labute approximate surface area is 82.0 Å². The van der Waals surface area contributed by atoms with Crippen molar-refractivity contribution in [3.63, 3.8) is 0 Å². The first-order chi connectivity index (χ1) is 6.22. The lowest BCUT2D eigenvalue weighted by atomic mass is 10.2. The molecule has 0 saturated heterocycles. The highest BCUT2D eigenvalue weighted by Crippen LogP contribution is 2.07. The Morgan fingerprint density at radius 3 is 3.00 bits per heavy atom. The molecule has 4 nitrogen and oxygen atoms in total. The minimum absolute atomic E-state index is 0.154. The summed E-state index contributed by atoms with van der Waals surface area (Å²) in [4.78, 5) is 7.86. The van der Waals surface area contributed by atoms with E-state index in [1.54, 1.807) is 6.20 Å². The lowest BCUT2D eigenvalue weighted by Gasteiger charge is -2.09. The van der Waals surface area contributed by atoms with Crippen molar-refractivity contribution in [3.05, 3.63) is 17.5 Å². The van der Waals surface area contributed by atoms with Gasteiger partial charge in [-0.05, 0) is 5.92 Å². The van der Waals surface area contributed by atoms with Gasteiger partial charge in [0.05, 0.1) is 12.4 Å². The summed E-state index contributed by atoms with van der Waals surface area (Å²) in [5.74, 6) is 0.827. The Hall–Kier alpha value is -0.870. The molecule has 0 radical (unpaired) electrons. The number of hydrogen-bond donors (Lipinski definition) is 2. The molecule has 1 unspecified atom stereocenters. The molecule has 0 saturated carbocycles. The van der Waals surface area contributed by atoms with Gasteiger partial charge in [0.2, 0.25) is 0 Å². The van der Waals surface area contributed by atoms with Gasteiger partial charge < -0.3 is 10.4 Å². The lowest BCUT2D eigenvalue weighted by Crippen LogP contribution is -2.15. The molecule has 0 amide bonds. The molecule has 0 bridgehead atoms. The molecule has 1 aromatic heterocycles. The van der Waals surface area contributed by atoms with E-state index in [-0.39, 0.29) is 12.5 Å². The standard InChI is InChI=1S/C8H12ClN3O/c1-6(5-13)2-11-8-4-10-3-7(9)12-8/h3-4,6,13H,2,5H2,1H3,(H,11,12). The van der Waals surface area contributed by atoms with Gasteiger partial charge in [0, 0.05) is 13.2 Å². The van der Waals surface area contributed by atoms with E-state index in [9.17, 15) is 0 Å². The van der Waals surface area contributed by atoms with Crippen LogP contribution in [0.15, 0.2) is 12.4 Å². The quantitative estimate of drug-likeness (QED) is 0.768. The molecule has 1 aromatic rings. The van der Waals surface area contributed by atoms with E-state index in [1.807, 2.05) is 6.92 Å². The smallest absolute Gasteiger partial charge is 0.149 e. The average molecular weight is 202 g/mol. The number of nitrogens with one attached hydrogen (secondary N) is 1. The number of aromatic nitrogens is 2. The van der Waals surface area contributed by atoms with Crippen LogP contribution in [0.1, 0.15) is 6.92 Å². The first kappa shape index (κ1) is 10.2. The molecule has 0 aliphatic rings. The third-order valence-corrected chi connectivity index (χ3v) is 1.73. The van der Waals surface area contributed by atoms with Crippen LogP contribution in [0.3, 0.4) is 0 Å². The highest BCUT2D eigenvalue weighted by atomic mass is 35.5. The van der Waals surface area contributed by atoms with Crippen LogP contribution in [-0.2, 0) is 0 Å². The summed E-state index contributed by atoms with van der Waals surface area (Å²) in [6.07, 6.45) is 3.07. The van der Waals surface area contributed by atoms with Gasteiger partial charge in [-0.3, -0.25) is 4.98 Å². The van der Waals surface area contributed by atoms with Crippen molar-refractivity contribution in [3.8, 4) is 0 Å². The zero-order valence-corrected chi connectivity index (χ0v) is 8.12. The molecule has 72 valence electrons. The van der Waals surface area contributed by atoms with Crippen molar-refractivity contribution in [2.24, 2.45) is 5.92 Å². The van der Waals surface area contributed by atoms with Crippen molar-refractivity contribution in [1.29, 1.82) is 0 Å². The lowest BCUT2D eigenvalue weighted by molar-refractivity contribution is 0.244. The van der Waals surface area contributed by atoms with Crippen LogP contribution in [0.2, 0.25) is 5.15 Å². The van der Waals surface area contributed by atoms with Crippen LogP contribution < -0.4 is 5.32 Å². The number of halogens is 1. The molecule has 1 rings (SSSR count). The van der Waals surface area contributed by atoms with Gasteiger partial charge in [-0.15, -0.1) is 0 Å². The summed E-state index contributed by atoms with van der Waals surface area (Å²) < 4.78 is 0. The van der Waals surface area contributed by atoms with E-state index in [0.717, 1.165) is 0 Å². The van der Waals surface area contributed by atoms with Crippen molar-refractivity contribution in [1.82, 2.24) is 9.97 Å².